The Balaban J connectivity index is 2.02. The summed E-state index contributed by atoms with van der Waals surface area (Å²) < 4.78 is 27.7. The molecule has 114 valence electrons. The van der Waals surface area contributed by atoms with Gasteiger partial charge in [0.15, 0.2) is 0 Å². The molecule has 4 nitrogen and oxygen atoms in total. The van der Waals surface area contributed by atoms with Gasteiger partial charge in [-0.15, -0.1) is 11.3 Å². The molecule has 0 radical (unpaired) electrons. The standard InChI is InChI=1S/C14H24N2O2S2/c1-3-11-5-4-6-12(7-11)16-20(17,18)14-8-13(9-15-2)19-10-14/h8,10-12,15-16H,3-7,9H2,1-2H3. The third-order valence-corrected chi connectivity index (χ3v) is 6.56. The van der Waals surface area contributed by atoms with Gasteiger partial charge in [0.25, 0.3) is 0 Å². The lowest BCUT2D eigenvalue weighted by Crippen LogP contribution is -2.38. The van der Waals surface area contributed by atoms with Gasteiger partial charge in [-0.25, -0.2) is 13.1 Å². The van der Waals surface area contributed by atoms with Gasteiger partial charge in [-0.3, -0.25) is 0 Å². The van der Waals surface area contributed by atoms with Gasteiger partial charge in [0.2, 0.25) is 10.0 Å². The van der Waals surface area contributed by atoms with Crippen molar-refractivity contribution in [3.05, 3.63) is 16.3 Å². The summed E-state index contributed by atoms with van der Waals surface area (Å²) in [5.74, 6) is 0.666. The first-order chi connectivity index (χ1) is 9.55. The predicted molar refractivity (Wildman–Crippen MR) is 83.4 cm³/mol. The van der Waals surface area contributed by atoms with E-state index in [1.807, 2.05) is 7.05 Å². The maximum atomic E-state index is 12.4. The number of rotatable bonds is 6. The van der Waals surface area contributed by atoms with Crippen molar-refractivity contribution in [2.24, 2.45) is 5.92 Å². The van der Waals surface area contributed by atoms with Crippen molar-refractivity contribution in [3.8, 4) is 0 Å². The Bertz CT molecular complexity index is 525. The smallest absolute Gasteiger partial charge is 0.241 e. The first-order valence-corrected chi connectivity index (χ1v) is 9.65. The Labute approximate surface area is 126 Å². The summed E-state index contributed by atoms with van der Waals surface area (Å²) in [6, 6.07) is 1.87. The molecule has 0 aliphatic heterocycles. The highest BCUT2D eigenvalue weighted by atomic mass is 32.2. The van der Waals surface area contributed by atoms with Gasteiger partial charge in [-0.2, -0.15) is 0 Å². The average Bonchev–Trinajstić information content (AvgIpc) is 2.88. The Morgan fingerprint density at radius 3 is 2.90 bits per heavy atom. The van der Waals surface area contributed by atoms with Gasteiger partial charge < -0.3 is 5.32 Å². The van der Waals surface area contributed by atoms with Crippen LogP contribution in [-0.2, 0) is 16.6 Å². The lowest BCUT2D eigenvalue weighted by molar-refractivity contribution is 0.301. The molecule has 1 aliphatic carbocycles. The number of sulfonamides is 1. The highest BCUT2D eigenvalue weighted by molar-refractivity contribution is 7.89. The van der Waals surface area contributed by atoms with Crippen LogP contribution < -0.4 is 10.0 Å². The molecule has 1 heterocycles. The SMILES string of the molecule is CCC1CCCC(NS(=O)(=O)c2csc(CNC)c2)C1. The second kappa shape index (κ2) is 7.02. The molecule has 0 bridgehead atoms. The lowest BCUT2D eigenvalue weighted by Gasteiger charge is -2.28. The van der Waals surface area contributed by atoms with E-state index >= 15 is 0 Å². The van der Waals surface area contributed by atoms with E-state index in [-0.39, 0.29) is 6.04 Å². The Morgan fingerprint density at radius 2 is 2.20 bits per heavy atom. The van der Waals surface area contributed by atoms with Crippen LogP contribution in [0.3, 0.4) is 0 Å². The summed E-state index contributed by atoms with van der Waals surface area (Å²) in [5.41, 5.74) is 0. The number of nitrogens with one attached hydrogen (secondary N) is 2. The topological polar surface area (TPSA) is 58.2 Å². The molecular formula is C14H24N2O2S2. The van der Waals surface area contributed by atoms with Crippen molar-refractivity contribution in [2.45, 2.75) is 56.5 Å². The molecule has 2 atom stereocenters. The number of thiophene rings is 1. The molecule has 0 spiro atoms. The largest absolute Gasteiger partial charge is 0.315 e. The third-order valence-electron chi connectivity index (χ3n) is 3.97. The molecule has 6 heteroatoms. The van der Waals surface area contributed by atoms with Gasteiger partial charge >= 0.3 is 0 Å². The molecule has 1 saturated carbocycles. The second-order valence-corrected chi connectivity index (χ2v) is 8.25. The van der Waals surface area contributed by atoms with Crippen LogP contribution in [0.15, 0.2) is 16.3 Å². The van der Waals surface area contributed by atoms with Crippen LogP contribution in [0.2, 0.25) is 0 Å². The summed E-state index contributed by atoms with van der Waals surface area (Å²) in [6.45, 7) is 2.89. The maximum absolute atomic E-state index is 12.4. The minimum Gasteiger partial charge on any atom is -0.315 e. The van der Waals surface area contributed by atoms with E-state index in [1.54, 1.807) is 11.4 Å². The number of hydrogen-bond donors (Lipinski definition) is 2. The van der Waals surface area contributed by atoms with E-state index in [0.717, 1.165) is 30.6 Å². The Kier molecular flexibility index (Phi) is 5.60. The van der Waals surface area contributed by atoms with Crippen LogP contribution in [0, 0.1) is 5.92 Å². The van der Waals surface area contributed by atoms with Gasteiger partial charge in [0.05, 0.1) is 4.90 Å². The van der Waals surface area contributed by atoms with Crippen LogP contribution in [0.4, 0.5) is 0 Å². The van der Waals surface area contributed by atoms with Crippen LogP contribution in [-0.4, -0.2) is 21.5 Å². The zero-order valence-electron chi connectivity index (χ0n) is 12.2. The fourth-order valence-corrected chi connectivity index (χ4v) is 5.39. The molecule has 1 aromatic rings. The quantitative estimate of drug-likeness (QED) is 0.848. The molecular weight excluding hydrogens is 292 g/mol. The number of hydrogen-bond acceptors (Lipinski definition) is 4. The summed E-state index contributed by atoms with van der Waals surface area (Å²) in [6.07, 6.45) is 5.44. The van der Waals surface area contributed by atoms with E-state index in [1.165, 1.54) is 17.8 Å². The molecule has 2 unspecified atom stereocenters. The first kappa shape index (κ1) is 15.9. The van der Waals surface area contributed by atoms with Gasteiger partial charge in [-0.05, 0) is 31.9 Å². The highest BCUT2D eigenvalue weighted by Gasteiger charge is 2.26. The van der Waals surface area contributed by atoms with Crippen LogP contribution in [0.1, 0.15) is 43.9 Å². The molecule has 0 amide bonds. The van der Waals surface area contributed by atoms with Gasteiger partial charge in [0.1, 0.15) is 0 Å². The van der Waals surface area contributed by atoms with Crippen molar-refractivity contribution in [2.75, 3.05) is 7.05 Å². The van der Waals surface area contributed by atoms with Crippen LogP contribution in [0.25, 0.3) is 0 Å². The molecule has 1 aliphatic rings. The summed E-state index contributed by atoms with van der Waals surface area (Å²) in [7, 11) is -1.50. The van der Waals surface area contributed by atoms with Crippen LogP contribution >= 0.6 is 11.3 Å². The summed E-state index contributed by atoms with van der Waals surface area (Å²) >= 11 is 1.49. The average molecular weight is 316 g/mol. The van der Waals surface area contributed by atoms with Crippen molar-refractivity contribution >= 4 is 21.4 Å². The molecule has 20 heavy (non-hydrogen) atoms. The zero-order chi connectivity index (χ0) is 14.6. The first-order valence-electron chi connectivity index (χ1n) is 7.29. The molecule has 2 N–H and O–H groups in total. The lowest BCUT2D eigenvalue weighted by atomic mass is 9.85. The van der Waals surface area contributed by atoms with E-state index in [9.17, 15) is 8.42 Å². The Morgan fingerprint density at radius 1 is 1.40 bits per heavy atom. The van der Waals surface area contributed by atoms with Crippen molar-refractivity contribution < 1.29 is 8.42 Å². The molecule has 2 rings (SSSR count). The second-order valence-electron chi connectivity index (χ2n) is 5.54. The van der Waals surface area contributed by atoms with E-state index < -0.39 is 10.0 Å². The molecule has 1 fully saturated rings. The van der Waals surface area contributed by atoms with E-state index in [0.29, 0.717) is 17.4 Å². The third kappa shape index (κ3) is 4.04. The fraction of sp³-hybridized carbons (Fsp3) is 0.714. The molecule has 1 aromatic heterocycles. The van der Waals surface area contributed by atoms with Gasteiger partial charge in [-0.1, -0.05) is 26.2 Å². The summed E-state index contributed by atoms with van der Waals surface area (Å²) in [5, 5.41) is 4.77. The highest BCUT2D eigenvalue weighted by Crippen LogP contribution is 2.28. The van der Waals surface area contributed by atoms with Gasteiger partial charge in [0, 0.05) is 22.8 Å². The predicted octanol–water partition coefficient (Wildman–Crippen LogP) is 2.71. The minimum atomic E-state index is -3.36. The van der Waals surface area contributed by atoms with E-state index in [4.69, 9.17) is 0 Å². The Hall–Kier alpha value is -0.430. The zero-order valence-corrected chi connectivity index (χ0v) is 13.8. The van der Waals surface area contributed by atoms with Crippen molar-refractivity contribution in [1.29, 1.82) is 0 Å². The molecule has 0 saturated heterocycles. The maximum Gasteiger partial charge on any atom is 0.241 e. The fourth-order valence-electron chi connectivity index (χ4n) is 2.82. The minimum absolute atomic E-state index is 0.103. The summed E-state index contributed by atoms with van der Waals surface area (Å²) in [4.78, 5) is 1.45. The van der Waals surface area contributed by atoms with E-state index in [2.05, 4.69) is 17.0 Å². The van der Waals surface area contributed by atoms with Crippen LogP contribution in [0.5, 0.6) is 0 Å². The monoisotopic (exact) mass is 316 g/mol. The normalized spacial score (nSPS) is 23.9. The molecule has 0 aromatic carbocycles. The van der Waals surface area contributed by atoms with Crippen molar-refractivity contribution in [3.63, 3.8) is 0 Å². The van der Waals surface area contributed by atoms with Crippen molar-refractivity contribution in [1.82, 2.24) is 10.0 Å².